The van der Waals surface area contributed by atoms with Crippen LogP contribution in [0.3, 0.4) is 0 Å². The molecule has 86 valence electrons. The first-order valence-corrected chi connectivity index (χ1v) is 5.43. The number of rotatable bonds is 4. The highest BCUT2D eigenvalue weighted by Gasteiger charge is 2.18. The largest absolute Gasteiger partial charge is 0.388 e. The molecule has 0 atom stereocenters. The number of nitro groups is 1. The highest BCUT2D eigenvalue weighted by atomic mass is 16.6. The molecular formula is C11H15N3O2. The maximum absolute atomic E-state index is 10.7. The summed E-state index contributed by atoms with van der Waals surface area (Å²) in [6.07, 6.45) is 3.54. The maximum atomic E-state index is 10.7. The van der Waals surface area contributed by atoms with Crippen LogP contribution in [0.5, 0.6) is 0 Å². The average Bonchev–Trinajstić information content (AvgIpc) is 2.23. The van der Waals surface area contributed by atoms with Crippen molar-refractivity contribution in [2.75, 3.05) is 17.7 Å². The van der Waals surface area contributed by atoms with Gasteiger partial charge in [-0.2, -0.15) is 0 Å². The van der Waals surface area contributed by atoms with Crippen LogP contribution < -0.4 is 10.6 Å². The van der Waals surface area contributed by atoms with Gasteiger partial charge in [0.2, 0.25) is 0 Å². The van der Waals surface area contributed by atoms with Crippen LogP contribution in [0.2, 0.25) is 0 Å². The molecule has 1 aromatic rings. The molecule has 1 saturated carbocycles. The Kier molecular flexibility index (Phi) is 2.94. The molecule has 5 nitrogen and oxygen atoms in total. The summed E-state index contributed by atoms with van der Waals surface area (Å²) in [4.78, 5) is 10.4. The van der Waals surface area contributed by atoms with Gasteiger partial charge in [0.25, 0.3) is 5.69 Å². The van der Waals surface area contributed by atoms with E-state index in [1.807, 2.05) is 6.07 Å². The van der Waals surface area contributed by atoms with Crippen molar-refractivity contribution < 1.29 is 4.92 Å². The molecule has 2 rings (SSSR count). The van der Waals surface area contributed by atoms with Gasteiger partial charge in [0, 0.05) is 36.6 Å². The topological polar surface area (TPSA) is 67.2 Å². The van der Waals surface area contributed by atoms with Gasteiger partial charge in [-0.05, 0) is 25.3 Å². The van der Waals surface area contributed by atoms with Crippen LogP contribution >= 0.6 is 0 Å². The molecule has 0 radical (unpaired) electrons. The lowest BCUT2D eigenvalue weighted by Gasteiger charge is -2.27. The van der Waals surface area contributed by atoms with Gasteiger partial charge >= 0.3 is 0 Å². The van der Waals surface area contributed by atoms with Crippen LogP contribution in [0.4, 0.5) is 17.1 Å². The summed E-state index contributed by atoms with van der Waals surface area (Å²) in [5.74, 6) is 0. The van der Waals surface area contributed by atoms with Gasteiger partial charge in [0.05, 0.1) is 4.92 Å². The molecule has 0 heterocycles. The molecule has 0 amide bonds. The molecule has 1 aliphatic carbocycles. The molecule has 1 aromatic carbocycles. The summed E-state index contributed by atoms with van der Waals surface area (Å²) in [5, 5.41) is 17.0. The standard InChI is InChI=1S/C11H15N3O2/c1-12-9-5-10(13-8-3-2-4-8)7-11(6-9)14(15)16/h5-8,12-13H,2-4H2,1H3. The molecule has 0 bridgehead atoms. The van der Waals surface area contributed by atoms with Crippen molar-refractivity contribution in [1.29, 1.82) is 0 Å². The number of hydrogen-bond acceptors (Lipinski definition) is 4. The summed E-state index contributed by atoms with van der Waals surface area (Å²) in [7, 11) is 1.76. The SMILES string of the molecule is CNc1cc(NC2CCC2)cc([N+](=O)[O-])c1. The molecule has 16 heavy (non-hydrogen) atoms. The van der Waals surface area contributed by atoms with E-state index in [4.69, 9.17) is 0 Å². The minimum Gasteiger partial charge on any atom is -0.388 e. The van der Waals surface area contributed by atoms with Gasteiger partial charge in [-0.1, -0.05) is 0 Å². The monoisotopic (exact) mass is 221 g/mol. The molecular weight excluding hydrogens is 206 g/mol. The number of hydrogen-bond donors (Lipinski definition) is 2. The van der Waals surface area contributed by atoms with Gasteiger partial charge in [-0.15, -0.1) is 0 Å². The second-order valence-corrected chi connectivity index (χ2v) is 4.05. The van der Waals surface area contributed by atoms with E-state index in [0.717, 1.165) is 24.2 Å². The number of nitrogens with zero attached hydrogens (tertiary/aromatic N) is 1. The first-order chi connectivity index (χ1) is 7.69. The highest BCUT2D eigenvalue weighted by Crippen LogP contribution is 2.28. The molecule has 0 unspecified atom stereocenters. The molecule has 1 fully saturated rings. The van der Waals surface area contributed by atoms with Crippen LogP contribution in [0.1, 0.15) is 19.3 Å². The number of non-ortho nitro benzene ring substituents is 1. The Bertz CT molecular complexity index is 402. The van der Waals surface area contributed by atoms with E-state index in [0.29, 0.717) is 6.04 Å². The zero-order valence-electron chi connectivity index (χ0n) is 9.19. The number of anilines is 2. The predicted octanol–water partition coefficient (Wildman–Crippen LogP) is 2.60. The van der Waals surface area contributed by atoms with Gasteiger partial charge in [0.15, 0.2) is 0 Å². The van der Waals surface area contributed by atoms with Crippen LogP contribution in [0.15, 0.2) is 18.2 Å². The number of benzene rings is 1. The van der Waals surface area contributed by atoms with Crippen LogP contribution in [-0.4, -0.2) is 18.0 Å². The van der Waals surface area contributed by atoms with E-state index in [2.05, 4.69) is 10.6 Å². The smallest absolute Gasteiger partial charge is 0.273 e. The molecule has 0 aromatic heterocycles. The fourth-order valence-electron chi connectivity index (χ4n) is 1.73. The molecule has 1 aliphatic rings. The molecule has 2 N–H and O–H groups in total. The fourth-order valence-corrected chi connectivity index (χ4v) is 1.73. The van der Waals surface area contributed by atoms with Crippen molar-refractivity contribution >= 4 is 17.1 Å². The van der Waals surface area contributed by atoms with E-state index in [1.54, 1.807) is 13.1 Å². The minimum atomic E-state index is -0.368. The van der Waals surface area contributed by atoms with E-state index < -0.39 is 0 Å². The molecule has 0 aliphatic heterocycles. The third-order valence-corrected chi connectivity index (χ3v) is 2.89. The van der Waals surface area contributed by atoms with Crippen molar-refractivity contribution in [3.8, 4) is 0 Å². The van der Waals surface area contributed by atoms with Gasteiger partial charge in [-0.3, -0.25) is 10.1 Å². The summed E-state index contributed by atoms with van der Waals surface area (Å²) in [6.45, 7) is 0. The van der Waals surface area contributed by atoms with E-state index in [-0.39, 0.29) is 10.6 Å². The Labute approximate surface area is 94.0 Å². The number of nitro benzene ring substituents is 1. The quantitative estimate of drug-likeness (QED) is 0.605. The van der Waals surface area contributed by atoms with E-state index in [9.17, 15) is 10.1 Å². The summed E-state index contributed by atoms with van der Waals surface area (Å²) in [5.41, 5.74) is 1.70. The first kappa shape index (κ1) is 10.7. The third kappa shape index (κ3) is 2.24. The lowest BCUT2D eigenvalue weighted by molar-refractivity contribution is -0.384. The van der Waals surface area contributed by atoms with Crippen LogP contribution in [-0.2, 0) is 0 Å². The molecule has 0 saturated heterocycles. The van der Waals surface area contributed by atoms with Crippen molar-refractivity contribution in [2.24, 2.45) is 0 Å². The lowest BCUT2D eigenvalue weighted by atomic mass is 9.93. The zero-order valence-corrected chi connectivity index (χ0v) is 9.19. The van der Waals surface area contributed by atoms with Crippen LogP contribution in [0.25, 0.3) is 0 Å². The molecule has 5 heteroatoms. The van der Waals surface area contributed by atoms with E-state index >= 15 is 0 Å². The predicted molar refractivity (Wildman–Crippen MR) is 63.9 cm³/mol. The first-order valence-electron chi connectivity index (χ1n) is 5.43. The fraction of sp³-hybridized carbons (Fsp3) is 0.455. The van der Waals surface area contributed by atoms with Crippen molar-refractivity contribution in [2.45, 2.75) is 25.3 Å². The summed E-state index contributed by atoms with van der Waals surface area (Å²) < 4.78 is 0. The van der Waals surface area contributed by atoms with Crippen molar-refractivity contribution in [3.05, 3.63) is 28.3 Å². The maximum Gasteiger partial charge on any atom is 0.273 e. The molecule has 0 spiro atoms. The minimum absolute atomic E-state index is 0.119. The van der Waals surface area contributed by atoms with Crippen molar-refractivity contribution in [3.63, 3.8) is 0 Å². The summed E-state index contributed by atoms with van der Waals surface area (Å²) in [6, 6.07) is 5.49. The Morgan fingerprint density at radius 2 is 2.00 bits per heavy atom. The lowest BCUT2D eigenvalue weighted by Crippen LogP contribution is -2.26. The highest BCUT2D eigenvalue weighted by molar-refractivity contribution is 5.63. The Morgan fingerprint density at radius 3 is 2.50 bits per heavy atom. The second kappa shape index (κ2) is 4.38. The average molecular weight is 221 g/mol. The van der Waals surface area contributed by atoms with Gasteiger partial charge < -0.3 is 10.6 Å². The summed E-state index contributed by atoms with van der Waals surface area (Å²) >= 11 is 0. The zero-order chi connectivity index (χ0) is 11.5. The van der Waals surface area contributed by atoms with Gasteiger partial charge in [-0.25, -0.2) is 0 Å². The second-order valence-electron chi connectivity index (χ2n) is 4.05. The van der Waals surface area contributed by atoms with Crippen LogP contribution in [0, 0.1) is 10.1 Å². The van der Waals surface area contributed by atoms with Crippen molar-refractivity contribution in [1.82, 2.24) is 0 Å². The Morgan fingerprint density at radius 1 is 1.31 bits per heavy atom. The number of nitrogens with one attached hydrogen (secondary N) is 2. The third-order valence-electron chi connectivity index (χ3n) is 2.89. The van der Waals surface area contributed by atoms with E-state index in [1.165, 1.54) is 12.5 Å². The normalized spacial score (nSPS) is 15.3. The Balaban J connectivity index is 2.21. The Hall–Kier alpha value is -1.78. The van der Waals surface area contributed by atoms with Gasteiger partial charge in [0.1, 0.15) is 0 Å².